The van der Waals surface area contributed by atoms with Crippen molar-refractivity contribution in [2.24, 2.45) is 0 Å². The Balaban J connectivity index is 1.96. The van der Waals surface area contributed by atoms with Gasteiger partial charge in [0.05, 0.1) is 39.1 Å². The Morgan fingerprint density at radius 2 is 1.86 bits per heavy atom. The van der Waals surface area contributed by atoms with Gasteiger partial charge in [0, 0.05) is 12.6 Å². The summed E-state index contributed by atoms with van der Waals surface area (Å²) in [6.07, 6.45) is 1.80. The van der Waals surface area contributed by atoms with Gasteiger partial charge in [-0.25, -0.2) is 8.42 Å². The van der Waals surface area contributed by atoms with Gasteiger partial charge in [0.1, 0.15) is 0 Å². The van der Waals surface area contributed by atoms with Crippen LogP contribution in [0.1, 0.15) is 22.5 Å². The van der Waals surface area contributed by atoms with E-state index in [4.69, 9.17) is 18.6 Å². The molecule has 3 rings (SSSR count). The maximum atomic E-state index is 13.0. The van der Waals surface area contributed by atoms with Crippen molar-refractivity contribution in [1.82, 2.24) is 4.90 Å². The Labute approximate surface area is 163 Å². The van der Waals surface area contributed by atoms with Crippen molar-refractivity contribution < 1.29 is 31.8 Å². The molecule has 1 amide bonds. The largest absolute Gasteiger partial charge is 0.493 e. The molecule has 9 heteroatoms. The van der Waals surface area contributed by atoms with Crippen molar-refractivity contribution in [2.45, 2.75) is 19.0 Å². The molecule has 1 aromatic heterocycles. The number of hydrogen-bond donors (Lipinski definition) is 0. The third-order valence-corrected chi connectivity index (χ3v) is 6.47. The minimum absolute atomic E-state index is 0.0643. The highest BCUT2D eigenvalue weighted by Crippen LogP contribution is 2.39. The summed E-state index contributed by atoms with van der Waals surface area (Å²) < 4.78 is 45.3. The van der Waals surface area contributed by atoms with Crippen molar-refractivity contribution >= 4 is 15.7 Å². The third kappa shape index (κ3) is 4.09. The molecule has 0 spiro atoms. The SMILES string of the molecule is COc1cc(CN(C(=O)c2ccco2)[C@@H]2CCS(=O)(=O)C2)cc(OC)c1OC. The summed E-state index contributed by atoms with van der Waals surface area (Å²) in [7, 11) is 1.37. The fourth-order valence-corrected chi connectivity index (χ4v) is 5.08. The molecule has 0 bridgehead atoms. The van der Waals surface area contributed by atoms with E-state index >= 15 is 0 Å². The predicted molar refractivity (Wildman–Crippen MR) is 102 cm³/mol. The number of rotatable bonds is 7. The van der Waals surface area contributed by atoms with Crippen LogP contribution in [0.2, 0.25) is 0 Å². The summed E-state index contributed by atoms with van der Waals surface area (Å²) in [5, 5.41) is 0. The molecule has 28 heavy (non-hydrogen) atoms. The number of hydrogen-bond acceptors (Lipinski definition) is 7. The molecule has 1 aliphatic rings. The standard InChI is InChI=1S/C19H23NO7S/c1-24-16-9-13(10-17(25-2)18(16)26-3)11-20(14-6-8-28(22,23)12-14)19(21)15-5-4-7-27-15/h4-5,7,9-10,14H,6,8,11-12H2,1-3H3/t14-/m1/s1. The van der Waals surface area contributed by atoms with Crippen LogP contribution in [0.4, 0.5) is 0 Å². The van der Waals surface area contributed by atoms with Crippen LogP contribution >= 0.6 is 0 Å². The maximum absolute atomic E-state index is 13.0. The van der Waals surface area contributed by atoms with Crippen molar-refractivity contribution in [2.75, 3.05) is 32.8 Å². The fourth-order valence-electron chi connectivity index (χ4n) is 3.35. The van der Waals surface area contributed by atoms with E-state index in [2.05, 4.69) is 0 Å². The summed E-state index contributed by atoms with van der Waals surface area (Å²) >= 11 is 0. The number of carbonyl (C=O) groups excluding carboxylic acids is 1. The van der Waals surface area contributed by atoms with Crippen LogP contribution in [0.5, 0.6) is 17.2 Å². The molecule has 0 saturated carbocycles. The number of carbonyl (C=O) groups is 1. The van der Waals surface area contributed by atoms with Crippen molar-refractivity contribution in [1.29, 1.82) is 0 Å². The first-order chi connectivity index (χ1) is 13.4. The number of furan rings is 1. The van der Waals surface area contributed by atoms with E-state index in [1.165, 1.54) is 32.5 Å². The number of benzene rings is 1. The predicted octanol–water partition coefficient (Wildman–Crippen LogP) is 2.13. The highest BCUT2D eigenvalue weighted by atomic mass is 32.2. The van der Waals surface area contributed by atoms with E-state index in [0.29, 0.717) is 23.7 Å². The average molecular weight is 409 g/mol. The third-order valence-electron chi connectivity index (χ3n) is 4.72. The lowest BCUT2D eigenvalue weighted by atomic mass is 10.1. The highest BCUT2D eigenvalue weighted by molar-refractivity contribution is 7.91. The van der Waals surface area contributed by atoms with E-state index in [9.17, 15) is 13.2 Å². The van der Waals surface area contributed by atoms with Crippen LogP contribution in [0.3, 0.4) is 0 Å². The molecular formula is C19H23NO7S. The van der Waals surface area contributed by atoms with E-state index < -0.39 is 15.9 Å². The van der Waals surface area contributed by atoms with Gasteiger partial charge in [0.25, 0.3) is 5.91 Å². The minimum Gasteiger partial charge on any atom is -0.493 e. The summed E-state index contributed by atoms with van der Waals surface area (Å²) in [5.41, 5.74) is 0.721. The summed E-state index contributed by atoms with van der Waals surface area (Å²) in [6.45, 7) is 0.177. The summed E-state index contributed by atoms with van der Waals surface area (Å²) in [5.74, 6) is 1.17. The molecule has 152 valence electrons. The van der Waals surface area contributed by atoms with Gasteiger partial charge in [0.15, 0.2) is 27.1 Å². The van der Waals surface area contributed by atoms with Crippen molar-refractivity contribution in [3.05, 3.63) is 41.9 Å². The first kappa shape index (κ1) is 20.1. The molecule has 1 saturated heterocycles. The Hall–Kier alpha value is -2.68. The minimum atomic E-state index is -3.17. The van der Waals surface area contributed by atoms with Gasteiger partial charge in [-0.05, 0) is 36.2 Å². The number of amides is 1. The molecule has 8 nitrogen and oxygen atoms in total. The number of sulfone groups is 1. The Morgan fingerprint density at radius 3 is 2.32 bits per heavy atom. The maximum Gasteiger partial charge on any atom is 0.290 e. The first-order valence-electron chi connectivity index (χ1n) is 8.72. The van der Waals surface area contributed by atoms with Gasteiger partial charge in [-0.3, -0.25) is 4.79 Å². The molecule has 1 aromatic carbocycles. The number of methoxy groups -OCH3 is 3. The van der Waals surface area contributed by atoms with Gasteiger partial charge in [-0.2, -0.15) is 0 Å². The molecule has 1 aliphatic heterocycles. The van der Waals surface area contributed by atoms with E-state index in [1.807, 2.05) is 0 Å². The Bertz CT molecular complexity index is 912. The smallest absolute Gasteiger partial charge is 0.290 e. The molecule has 0 N–H and O–H groups in total. The molecular weight excluding hydrogens is 386 g/mol. The monoisotopic (exact) mass is 409 g/mol. The number of ether oxygens (including phenoxy) is 3. The van der Waals surface area contributed by atoms with E-state index in [1.54, 1.807) is 24.3 Å². The zero-order valence-electron chi connectivity index (χ0n) is 16.0. The number of nitrogens with zero attached hydrogens (tertiary/aromatic N) is 1. The lowest BCUT2D eigenvalue weighted by Crippen LogP contribution is -2.40. The molecule has 0 radical (unpaired) electrons. The lowest BCUT2D eigenvalue weighted by molar-refractivity contribution is 0.0647. The van der Waals surface area contributed by atoms with E-state index in [0.717, 1.165) is 5.56 Å². The van der Waals surface area contributed by atoms with Crippen LogP contribution in [-0.4, -0.2) is 58.1 Å². The zero-order valence-corrected chi connectivity index (χ0v) is 16.8. The first-order valence-corrected chi connectivity index (χ1v) is 10.5. The highest BCUT2D eigenvalue weighted by Gasteiger charge is 2.36. The van der Waals surface area contributed by atoms with Crippen LogP contribution in [0.15, 0.2) is 34.9 Å². The second-order valence-corrected chi connectivity index (χ2v) is 8.73. The second kappa shape index (κ2) is 8.14. The van der Waals surface area contributed by atoms with Gasteiger partial charge >= 0.3 is 0 Å². The quantitative estimate of drug-likeness (QED) is 0.691. The Kier molecular flexibility index (Phi) is 5.83. The average Bonchev–Trinajstić information content (AvgIpc) is 3.34. The molecule has 0 aliphatic carbocycles. The lowest BCUT2D eigenvalue weighted by Gasteiger charge is -2.28. The topological polar surface area (TPSA) is 95.3 Å². The van der Waals surface area contributed by atoms with Gasteiger partial charge in [0.2, 0.25) is 5.75 Å². The van der Waals surface area contributed by atoms with Crippen molar-refractivity contribution in [3.63, 3.8) is 0 Å². The molecule has 2 heterocycles. The second-order valence-electron chi connectivity index (χ2n) is 6.50. The van der Waals surface area contributed by atoms with Crippen LogP contribution in [0.25, 0.3) is 0 Å². The fraction of sp³-hybridized carbons (Fsp3) is 0.421. The van der Waals surface area contributed by atoms with Crippen LogP contribution in [-0.2, 0) is 16.4 Å². The molecule has 2 aromatic rings. The summed E-state index contributed by atoms with van der Waals surface area (Å²) in [4.78, 5) is 14.5. The van der Waals surface area contributed by atoms with E-state index in [-0.39, 0.29) is 29.7 Å². The normalized spacial score (nSPS) is 17.9. The van der Waals surface area contributed by atoms with Crippen LogP contribution in [0, 0.1) is 0 Å². The molecule has 1 fully saturated rings. The van der Waals surface area contributed by atoms with Crippen molar-refractivity contribution in [3.8, 4) is 17.2 Å². The van der Waals surface area contributed by atoms with Gasteiger partial charge in [-0.1, -0.05) is 0 Å². The van der Waals surface area contributed by atoms with Gasteiger partial charge < -0.3 is 23.5 Å². The van der Waals surface area contributed by atoms with Crippen LogP contribution < -0.4 is 14.2 Å². The summed E-state index contributed by atoms with van der Waals surface area (Å²) in [6, 6.07) is 6.24. The van der Waals surface area contributed by atoms with Gasteiger partial charge in [-0.15, -0.1) is 0 Å². The Morgan fingerprint density at radius 1 is 1.18 bits per heavy atom. The molecule has 0 unspecified atom stereocenters. The zero-order chi connectivity index (χ0) is 20.3. The molecule has 1 atom stereocenters.